The van der Waals surface area contributed by atoms with Gasteiger partial charge in [0.15, 0.2) is 0 Å². The van der Waals surface area contributed by atoms with Crippen LogP contribution in [0.2, 0.25) is 0 Å². The average molecular weight is 219 g/mol. The molecule has 0 spiro atoms. The van der Waals surface area contributed by atoms with E-state index in [4.69, 9.17) is 0 Å². The second-order valence-corrected chi connectivity index (χ2v) is 4.61. The minimum Gasteiger partial charge on any atom is -0.310 e. The first kappa shape index (κ1) is 11.5. The quantitative estimate of drug-likeness (QED) is 0.826. The van der Waals surface area contributed by atoms with Crippen molar-refractivity contribution in [1.82, 2.24) is 15.5 Å². The molecule has 1 aromatic rings. The Hall–Kier alpha value is -0.960. The Labute approximate surface area is 97.7 Å². The predicted molar refractivity (Wildman–Crippen MR) is 65.3 cm³/mol. The van der Waals surface area contributed by atoms with Crippen molar-refractivity contribution in [3.63, 3.8) is 0 Å². The van der Waals surface area contributed by atoms with Crippen molar-refractivity contribution in [2.75, 3.05) is 6.54 Å². The van der Waals surface area contributed by atoms with Gasteiger partial charge in [-0.15, -0.1) is 0 Å². The van der Waals surface area contributed by atoms with E-state index in [-0.39, 0.29) is 0 Å². The Morgan fingerprint density at radius 2 is 2.12 bits per heavy atom. The minimum atomic E-state index is 0.495. The highest BCUT2D eigenvalue weighted by molar-refractivity contribution is 5.26. The van der Waals surface area contributed by atoms with Crippen molar-refractivity contribution in [2.24, 2.45) is 5.92 Å². The zero-order valence-electron chi connectivity index (χ0n) is 10.5. The van der Waals surface area contributed by atoms with Gasteiger partial charge >= 0.3 is 0 Å². The van der Waals surface area contributed by atoms with Crippen molar-refractivity contribution in [3.8, 4) is 0 Å². The van der Waals surface area contributed by atoms with Gasteiger partial charge in [-0.1, -0.05) is 13.8 Å². The van der Waals surface area contributed by atoms with E-state index in [1.807, 2.05) is 6.92 Å². The summed E-state index contributed by atoms with van der Waals surface area (Å²) in [6.45, 7) is 7.36. The molecule has 3 nitrogen and oxygen atoms in total. The molecule has 0 amide bonds. The van der Waals surface area contributed by atoms with Crippen LogP contribution in [0.25, 0.3) is 0 Å². The van der Waals surface area contributed by atoms with E-state index < -0.39 is 0 Å². The Balaban J connectivity index is 2.30. The van der Waals surface area contributed by atoms with E-state index in [9.17, 15) is 0 Å². The van der Waals surface area contributed by atoms with E-state index >= 15 is 0 Å². The zero-order chi connectivity index (χ0) is 11.5. The molecule has 88 valence electrons. The summed E-state index contributed by atoms with van der Waals surface area (Å²) in [5.74, 6) is 0.814. The number of hydrogen-bond acceptors (Lipinski definition) is 3. The van der Waals surface area contributed by atoms with Crippen LogP contribution in [0, 0.1) is 12.8 Å². The lowest BCUT2D eigenvalue weighted by Crippen LogP contribution is -2.24. The second-order valence-electron chi connectivity index (χ2n) is 4.61. The summed E-state index contributed by atoms with van der Waals surface area (Å²) < 4.78 is 0. The van der Waals surface area contributed by atoms with Gasteiger partial charge in [-0.05, 0) is 50.3 Å². The Bertz CT molecular complexity index is 358. The topological polar surface area (TPSA) is 37.8 Å². The molecule has 0 aliphatic heterocycles. The summed E-state index contributed by atoms with van der Waals surface area (Å²) in [4.78, 5) is 0. The predicted octanol–water partition coefficient (Wildman–Crippen LogP) is 2.41. The number of rotatable bonds is 5. The van der Waals surface area contributed by atoms with Gasteiger partial charge in [0.2, 0.25) is 0 Å². The smallest absolute Gasteiger partial charge is 0.0676 e. The van der Waals surface area contributed by atoms with Crippen LogP contribution in [-0.4, -0.2) is 16.7 Å². The van der Waals surface area contributed by atoms with Gasteiger partial charge in [-0.2, -0.15) is 10.2 Å². The van der Waals surface area contributed by atoms with Gasteiger partial charge in [-0.25, -0.2) is 0 Å². The lowest BCUT2D eigenvalue weighted by Gasteiger charge is -2.20. The lowest BCUT2D eigenvalue weighted by molar-refractivity contribution is 0.488. The maximum Gasteiger partial charge on any atom is 0.0676 e. The Morgan fingerprint density at radius 3 is 2.69 bits per heavy atom. The van der Waals surface area contributed by atoms with Crippen molar-refractivity contribution < 1.29 is 0 Å². The molecule has 1 aromatic heterocycles. The van der Waals surface area contributed by atoms with Gasteiger partial charge < -0.3 is 5.32 Å². The third-order valence-electron chi connectivity index (χ3n) is 3.21. The molecule has 0 aromatic carbocycles. The van der Waals surface area contributed by atoms with E-state index in [1.54, 1.807) is 0 Å². The molecule has 0 bridgehead atoms. The minimum absolute atomic E-state index is 0.495. The van der Waals surface area contributed by atoms with Gasteiger partial charge in [0.1, 0.15) is 0 Å². The number of hydrogen-bond donors (Lipinski definition) is 1. The van der Waals surface area contributed by atoms with Crippen molar-refractivity contribution in [3.05, 3.63) is 23.0 Å². The lowest BCUT2D eigenvalue weighted by atomic mass is 9.99. The normalized spacial score (nSPS) is 17.4. The highest BCUT2D eigenvalue weighted by atomic mass is 15.1. The zero-order valence-corrected chi connectivity index (χ0v) is 10.5. The molecule has 1 aliphatic carbocycles. The molecule has 1 atom stereocenters. The molecule has 3 heteroatoms. The molecule has 1 fully saturated rings. The third kappa shape index (κ3) is 2.40. The average Bonchev–Trinajstić information content (AvgIpc) is 3.10. The van der Waals surface area contributed by atoms with Crippen LogP contribution in [-0.2, 0) is 6.42 Å². The van der Waals surface area contributed by atoms with E-state index in [2.05, 4.69) is 35.4 Å². The third-order valence-corrected chi connectivity index (χ3v) is 3.21. The van der Waals surface area contributed by atoms with Crippen LogP contribution < -0.4 is 5.32 Å². The van der Waals surface area contributed by atoms with Crippen LogP contribution in [0.5, 0.6) is 0 Å². The van der Waals surface area contributed by atoms with Crippen molar-refractivity contribution in [1.29, 1.82) is 0 Å². The molecule has 1 N–H and O–H groups in total. The standard InChI is InChI=1S/C13H21N3/c1-4-12-11(8-9(3)15-16-12)13(14-5-2)10-6-7-10/h8,10,13-14H,4-7H2,1-3H3. The van der Waals surface area contributed by atoms with Gasteiger partial charge in [0, 0.05) is 6.04 Å². The molecule has 2 rings (SSSR count). The monoisotopic (exact) mass is 219 g/mol. The van der Waals surface area contributed by atoms with Gasteiger partial charge in [0.05, 0.1) is 11.4 Å². The Kier molecular flexibility index (Phi) is 3.54. The molecular weight excluding hydrogens is 198 g/mol. The first-order valence-corrected chi connectivity index (χ1v) is 6.32. The number of nitrogens with one attached hydrogen (secondary N) is 1. The fourth-order valence-corrected chi connectivity index (χ4v) is 2.26. The van der Waals surface area contributed by atoms with Crippen LogP contribution >= 0.6 is 0 Å². The number of aromatic nitrogens is 2. The van der Waals surface area contributed by atoms with E-state index in [1.165, 1.54) is 18.4 Å². The van der Waals surface area contributed by atoms with Crippen LogP contribution in [0.3, 0.4) is 0 Å². The van der Waals surface area contributed by atoms with Crippen LogP contribution in [0.15, 0.2) is 6.07 Å². The first-order chi connectivity index (χ1) is 7.76. The molecule has 1 saturated carbocycles. The maximum atomic E-state index is 4.32. The molecule has 1 heterocycles. The SMILES string of the molecule is CCNC(c1cc(C)nnc1CC)C1CC1. The number of nitrogens with zero attached hydrogens (tertiary/aromatic N) is 2. The fourth-order valence-electron chi connectivity index (χ4n) is 2.26. The van der Waals surface area contributed by atoms with Gasteiger partial charge in [-0.3, -0.25) is 0 Å². The number of aryl methyl sites for hydroxylation is 2. The summed E-state index contributed by atoms with van der Waals surface area (Å²) in [5, 5.41) is 12.1. The highest BCUT2D eigenvalue weighted by Crippen LogP contribution is 2.41. The molecule has 1 unspecified atom stereocenters. The molecule has 0 saturated heterocycles. The first-order valence-electron chi connectivity index (χ1n) is 6.32. The van der Waals surface area contributed by atoms with Crippen molar-refractivity contribution in [2.45, 2.75) is 46.1 Å². The summed E-state index contributed by atoms with van der Waals surface area (Å²) >= 11 is 0. The van der Waals surface area contributed by atoms with E-state index in [0.717, 1.165) is 30.3 Å². The van der Waals surface area contributed by atoms with Gasteiger partial charge in [0.25, 0.3) is 0 Å². The molecular formula is C13H21N3. The summed E-state index contributed by atoms with van der Waals surface area (Å²) in [6.07, 6.45) is 3.67. The maximum absolute atomic E-state index is 4.32. The molecule has 1 aliphatic rings. The van der Waals surface area contributed by atoms with Crippen LogP contribution in [0.1, 0.15) is 49.7 Å². The van der Waals surface area contributed by atoms with Crippen molar-refractivity contribution >= 4 is 0 Å². The summed E-state index contributed by atoms with van der Waals surface area (Å²) in [6, 6.07) is 2.70. The molecule has 16 heavy (non-hydrogen) atoms. The largest absolute Gasteiger partial charge is 0.310 e. The van der Waals surface area contributed by atoms with Crippen LogP contribution in [0.4, 0.5) is 0 Å². The Morgan fingerprint density at radius 1 is 1.38 bits per heavy atom. The fraction of sp³-hybridized carbons (Fsp3) is 0.692. The molecule has 0 radical (unpaired) electrons. The van der Waals surface area contributed by atoms with E-state index in [0.29, 0.717) is 6.04 Å². The summed E-state index contributed by atoms with van der Waals surface area (Å²) in [5.41, 5.74) is 3.55. The summed E-state index contributed by atoms with van der Waals surface area (Å²) in [7, 11) is 0. The highest BCUT2D eigenvalue weighted by Gasteiger charge is 2.33. The second kappa shape index (κ2) is 4.91.